The summed E-state index contributed by atoms with van der Waals surface area (Å²) in [6.07, 6.45) is 5.76. The van der Waals surface area contributed by atoms with Crippen LogP contribution >= 0.6 is 0 Å². The maximum Gasteiger partial charge on any atom is 0.256 e. The molecule has 3 heterocycles. The number of H-pyrrole nitrogens is 1. The van der Waals surface area contributed by atoms with Crippen molar-refractivity contribution in [3.05, 3.63) is 18.2 Å². The molecule has 0 aromatic carbocycles. The van der Waals surface area contributed by atoms with E-state index in [1.165, 1.54) is 12.8 Å². The Balaban J connectivity index is 1.86. The first kappa shape index (κ1) is 10.4. The van der Waals surface area contributed by atoms with Crippen LogP contribution in [0.15, 0.2) is 12.5 Å². The number of fused-ring (bicyclic) bond motifs is 1. The molecule has 1 saturated carbocycles. The second-order valence-corrected chi connectivity index (χ2v) is 4.70. The highest BCUT2D eigenvalue weighted by molar-refractivity contribution is 5.83. The molecular weight excluding hydrogens is 244 g/mol. The minimum absolute atomic E-state index is 0.475. The van der Waals surface area contributed by atoms with Gasteiger partial charge in [0.1, 0.15) is 5.52 Å². The van der Waals surface area contributed by atoms with Gasteiger partial charge in [-0.05, 0) is 19.8 Å². The predicted molar refractivity (Wildman–Crippen MR) is 68.0 cm³/mol. The smallest absolute Gasteiger partial charge is 0.256 e. The van der Waals surface area contributed by atoms with Crippen LogP contribution < -0.4 is 5.32 Å². The van der Waals surface area contributed by atoms with Crippen molar-refractivity contribution in [3.8, 4) is 5.95 Å². The molecule has 3 aromatic rings. The highest BCUT2D eigenvalue weighted by atomic mass is 15.5. The number of anilines is 1. The number of hydrogen-bond acceptors (Lipinski definition) is 6. The second kappa shape index (κ2) is 3.74. The third-order valence-electron chi connectivity index (χ3n) is 3.00. The summed E-state index contributed by atoms with van der Waals surface area (Å²) < 4.78 is 1.56. The Labute approximate surface area is 108 Å². The molecule has 0 aliphatic heterocycles. The van der Waals surface area contributed by atoms with E-state index in [1.54, 1.807) is 17.2 Å². The summed E-state index contributed by atoms with van der Waals surface area (Å²) in [5.41, 5.74) is 2.27. The molecule has 0 spiro atoms. The van der Waals surface area contributed by atoms with Gasteiger partial charge in [0, 0.05) is 6.04 Å². The lowest BCUT2D eigenvalue weighted by Gasteiger charge is -2.06. The van der Waals surface area contributed by atoms with E-state index in [1.807, 2.05) is 6.92 Å². The van der Waals surface area contributed by atoms with Crippen molar-refractivity contribution in [2.45, 2.75) is 25.8 Å². The molecule has 3 aromatic heterocycles. The molecule has 0 bridgehead atoms. The lowest BCUT2D eigenvalue weighted by Crippen LogP contribution is -2.09. The molecule has 8 heteroatoms. The summed E-state index contributed by atoms with van der Waals surface area (Å²) in [5, 5.41) is 11.3. The molecule has 0 amide bonds. The predicted octanol–water partition coefficient (Wildman–Crippen LogP) is 0.816. The summed E-state index contributed by atoms with van der Waals surface area (Å²) >= 11 is 0. The average Bonchev–Trinajstić information content (AvgIpc) is 2.90. The molecule has 0 radical (unpaired) electrons. The maximum absolute atomic E-state index is 4.50. The molecule has 19 heavy (non-hydrogen) atoms. The first-order chi connectivity index (χ1) is 9.29. The third-order valence-corrected chi connectivity index (χ3v) is 3.00. The van der Waals surface area contributed by atoms with E-state index >= 15 is 0 Å². The van der Waals surface area contributed by atoms with Gasteiger partial charge >= 0.3 is 0 Å². The van der Waals surface area contributed by atoms with Gasteiger partial charge in [-0.25, -0.2) is 4.98 Å². The Morgan fingerprint density at radius 2 is 2.26 bits per heavy atom. The molecule has 0 saturated heterocycles. The van der Waals surface area contributed by atoms with Crippen LogP contribution in [-0.2, 0) is 0 Å². The van der Waals surface area contributed by atoms with Crippen LogP contribution in [0.5, 0.6) is 0 Å². The molecule has 1 aliphatic carbocycles. The summed E-state index contributed by atoms with van der Waals surface area (Å²) in [7, 11) is 0. The van der Waals surface area contributed by atoms with E-state index in [9.17, 15) is 0 Å². The number of hydrogen-bond donors (Lipinski definition) is 2. The molecule has 2 N–H and O–H groups in total. The minimum atomic E-state index is 0.475. The zero-order valence-corrected chi connectivity index (χ0v) is 10.3. The van der Waals surface area contributed by atoms with Gasteiger partial charge in [-0.2, -0.15) is 14.6 Å². The number of aryl methyl sites for hydroxylation is 1. The summed E-state index contributed by atoms with van der Waals surface area (Å²) in [6.45, 7) is 1.87. The molecule has 8 nitrogen and oxygen atoms in total. The minimum Gasteiger partial charge on any atom is -0.365 e. The van der Waals surface area contributed by atoms with Crippen LogP contribution in [0.25, 0.3) is 17.1 Å². The first-order valence-corrected chi connectivity index (χ1v) is 6.16. The van der Waals surface area contributed by atoms with Gasteiger partial charge in [0.05, 0.1) is 18.2 Å². The molecule has 96 valence electrons. The van der Waals surface area contributed by atoms with Gasteiger partial charge in [0.25, 0.3) is 5.95 Å². The first-order valence-electron chi connectivity index (χ1n) is 6.16. The summed E-state index contributed by atoms with van der Waals surface area (Å²) in [6, 6.07) is 0.506. The van der Waals surface area contributed by atoms with E-state index < -0.39 is 0 Å². The fraction of sp³-hybridized carbons (Fsp3) is 0.364. The molecular formula is C11H12N8. The maximum atomic E-state index is 4.50. The second-order valence-electron chi connectivity index (χ2n) is 4.70. The van der Waals surface area contributed by atoms with Gasteiger partial charge in [-0.15, -0.1) is 5.10 Å². The number of imidazole rings is 1. The molecule has 1 aliphatic rings. The molecule has 0 atom stereocenters. The van der Waals surface area contributed by atoms with E-state index in [0.29, 0.717) is 17.6 Å². The SMILES string of the molecule is Cc1cn(-c2nc(NC3CC3)c3[nH]cnc3n2)nn1. The van der Waals surface area contributed by atoms with Crippen LogP contribution in [0.3, 0.4) is 0 Å². The normalized spacial score (nSPS) is 15.0. The van der Waals surface area contributed by atoms with Gasteiger partial charge < -0.3 is 10.3 Å². The Kier molecular flexibility index (Phi) is 2.05. The zero-order valence-electron chi connectivity index (χ0n) is 10.3. The van der Waals surface area contributed by atoms with Gasteiger partial charge in [0.2, 0.25) is 0 Å². The van der Waals surface area contributed by atoms with Crippen molar-refractivity contribution in [1.29, 1.82) is 0 Å². The Bertz CT molecular complexity index is 738. The highest BCUT2D eigenvalue weighted by Crippen LogP contribution is 2.27. The van der Waals surface area contributed by atoms with Gasteiger partial charge in [-0.3, -0.25) is 0 Å². The number of aromatic amines is 1. The Morgan fingerprint density at radius 3 is 3.00 bits per heavy atom. The lowest BCUT2D eigenvalue weighted by molar-refractivity contribution is 0.758. The highest BCUT2D eigenvalue weighted by Gasteiger charge is 2.23. The largest absolute Gasteiger partial charge is 0.365 e. The molecule has 4 rings (SSSR count). The fourth-order valence-corrected chi connectivity index (χ4v) is 1.89. The van der Waals surface area contributed by atoms with Crippen LogP contribution in [-0.4, -0.2) is 41.0 Å². The van der Waals surface area contributed by atoms with Crippen LogP contribution in [0.4, 0.5) is 5.82 Å². The van der Waals surface area contributed by atoms with E-state index in [4.69, 9.17) is 0 Å². The topological polar surface area (TPSA) is 97.2 Å². The fourth-order valence-electron chi connectivity index (χ4n) is 1.89. The summed E-state index contributed by atoms with van der Waals surface area (Å²) in [5.74, 6) is 1.25. The van der Waals surface area contributed by atoms with E-state index in [-0.39, 0.29) is 0 Å². The van der Waals surface area contributed by atoms with Crippen molar-refractivity contribution in [1.82, 2.24) is 34.9 Å². The van der Waals surface area contributed by atoms with Crippen LogP contribution in [0.2, 0.25) is 0 Å². The summed E-state index contributed by atoms with van der Waals surface area (Å²) in [4.78, 5) is 16.1. The third kappa shape index (κ3) is 1.81. The average molecular weight is 256 g/mol. The van der Waals surface area contributed by atoms with Crippen LogP contribution in [0.1, 0.15) is 18.5 Å². The number of nitrogens with one attached hydrogen (secondary N) is 2. The quantitative estimate of drug-likeness (QED) is 0.720. The van der Waals surface area contributed by atoms with Gasteiger partial charge in [-0.1, -0.05) is 5.21 Å². The van der Waals surface area contributed by atoms with Gasteiger partial charge in [0.15, 0.2) is 11.5 Å². The standard InChI is InChI=1S/C11H12N8/c1-6-4-19(18-17-6)11-15-9-8(12-5-13-9)10(16-11)14-7-2-3-7/h4-5,7H,2-3H2,1H3,(H2,12,13,14,15,16). The van der Waals surface area contributed by atoms with Crippen molar-refractivity contribution in [2.24, 2.45) is 0 Å². The Morgan fingerprint density at radius 1 is 1.37 bits per heavy atom. The van der Waals surface area contributed by atoms with Crippen molar-refractivity contribution >= 4 is 17.0 Å². The number of rotatable bonds is 3. The number of nitrogens with zero attached hydrogens (tertiary/aromatic N) is 6. The molecule has 0 unspecified atom stereocenters. The monoisotopic (exact) mass is 256 g/mol. The van der Waals surface area contributed by atoms with E-state index in [2.05, 4.69) is 35.6 Å². The number of aromatic nitrogens is 7. The van der Waals surface area contributed by atoms with Crippen molar-refractivity contribution in [3.63, 3.8) is 0 Å². The van der Waals surface area contributed by atoms with Crippen molar-refractivity contribution < 1.29 is 0 Å². The van der Waals surface area contributed by atoms with Crippen molar-refractivity contribution in [2.75, 3.05) is 5.32 Å². The lowest BCUT2D eigenvalue weighted by atomic mass is 10.4. The zero-order chi connectivity index (χ0) is 12.8. The Hall–Kier alpha value is -2.51. The molecule has 1 fully saturated rings. The van der Waals surface area contributed by atoms with E-state index in [0.717, 1.165) is 17.0 Å². The van der Waals surface area contributed by atoms with Crippen LogP contribution in [0, 0.1) is 6.92 Å².